The van der Waals surface area contributed by atoms with Crippen molar-refractivity contribution in [2.45, 2.75) is 20.3 Å². The van der Waals surface area contributed by atoms with Crippen LogP contribution >= 0.6 is 11.6 Å². The van der Waals surface area contributed by atoms with Gasteiger partial charge in [0.15, 0.2) is 0 Å². The maximum Gasteiger partial charge on any atom is 0.0879 e. The molecular weight excluding hydrogens is 232 g/mol. The van der Waals surface area contributed by atoms with E-state index in [4.69, 9.17) is 11.6 Å². The summed E-state index contributed by atoms with van der Waals surface area (Å²) in [6, 6.07) is 5.69. The molecule has 1 N–H and O–H groups in total. The Morgan fingerprint density at radius 3 is 2.94 bits per heavy atom. The summed E-state index contributed by atoms with van der Waals surface area (Å²) in [6.07, 6.45) is 7.06. The number of benzene rings is 1. The van der Waals surface area contributed by atoms with Gasteiger partial charge in [0.25, 0.3) is 0 Å². The molecule has 0 saturated heterocycles. The smallest absolute Gasteiger partial charge is 0.0879 e. The van der Waals surface area contributed by atoms with E-state index in [1.807, 2.05) is 37.4 Å². The first kappa shape index (κ1) is 11.9. The normalized spacial score (nSPS) is 19.0. The minimum Gasteiger partial charge on any atom is -0.353 e. The third kappa shape index (κ3) is 2.59. The number of hydrogen-bond donors (Lipinski definition) is 1. The van der Waals surface area contributed by atoms with Crippen molar-refractivity contribution in [1.29, 1.82) is 0 Å². The lowest BCUT2D eigenvalue weighted by molar-refractivity contribution is 1.19. The van der Waals surface area contributed by atoms with E-state index in [0.717, 1.165) is 29.1 Å². The highest BCUT2D eigenvalue weighted by Gasteiger charge is 2.10. The molecule has 0 amide bonds. The summed E-state index contributed by atoms with van der Waals surface area (Å²) in [7, 11) is 0. The number of nitrogens with zero attached hydrogens (tertiary/aromatic N) is 1. The van der Waals surface area contributed by atoms with Crippen LogP contribution in [0.1, 0.15) is 20.3 Å². The Bertz CT molecular complexity index is 513. The third-order valence-corrected chi connectivity index (χ3v) is 2.84. The van der Waals surface area contributed by atoms with Crippen LogP contribution < -0.4 is 5.32 Å². The molecule has 0 radical (unpaired) electrons. The molecule has 1 aliphatic heterocycles. The minimum atomic E-state index is 0.702. The highest BCUT2D eigenvalue weighted by Crippen LogP contribution is 2.32. The number of aliphatic imine (C=N–C) groups is 1. The van der Waals surface area contributed by atoms with E-state index in [9.17, 15) is 0 Å². The van der Waals surface area contributed by atoms with Gasteiger partial charge in [-0.25, -0.2) is 0 Å². The Morgan fingerprint density at radius 2 is 2.24 bits per heavy atom. The number of halogens is 1. The fraction of sp³-hybridized carbons (Fsp3) is 0.214. The second-order valence-corrected chi connectivity index (χ2v) is 4.25. The molecule has 0 unspecified atom stereocenters. The van der Waals surface area contributed by atoms with Gasteiger partial charge in [0.05, 0.1) is 11.4 Å². The van der Waals surface area contributed by atoms with E-state index in [1.165, 1.54) is 0 Å². The summed E-state index contributed by atoms with van der Waals surface area (Å²) < 4.78 is 0. The molecule has 0 bridgehead atoms. The largest absolute Gasteiger partial charge is 0.353 e. The average Bonchev–Trinajstić information content (AvgIpc) is 2.48. The molecule has 0 saturated carbocycles. The SMILES string of the molecule is C/C=C1/C=Nc2cc(Cl)ccc2N/C1=C/CC. The molecule has 0 spiro atoms. The van der Waals surface area contributed by atoms with E-state index in [2.05, 4.69) is 23.3 Å². The van der Waals surface area contributed by atoms with E-state index < -0.39 is 0 Å². The molecule has 1 aliphatic rings. The van der Waals surface area contributed by atoms with Gasteiger partial charge in [-0.05, 0) is 31.5 Å². The number of fused-ring (bicyclic) bond motifs is 1. The summed E-state index contributed by atoms with van der Waals surface area (Å²) in [5, 5.41) is 4.10. The quantitative estimate of drug-likeness (QED) is 0.763. The van der Waals surface area contributed by atoms with Crippen molar-refractivity contribution >= 4 is 29.2 Å². The van der Waals surface area contributed by atoms with Crippen LogP contribution in [0.3, 0.4) is 0 Å². The number of allylic oxidation sites excluding steroid dienone is 3. The third-order valence-electron chi connectivity index (χ3n) is 2.60. The van der Waals surface area contributed by atoms with Gasteiger partial charge in [0.2, 0.25) is 0 Å². The highest BCUT2D eigenvalue weighted by atomic mass is 35.5. The lowest BCUT2D eigenvalue weighted by atomic mass is 10.1. The first-order chi connectivity index (χ1) is 8.24. The number of nitrogens with one attached hydrogen (secondary N) is 1. The van der Waals surface area contributed by atoms with Crippen LogP contribution in [0.15, 0.2) is 46.6 Å². The van der Waals surface area contributed by atoms with Crippen LogP contribution in [0.25, 0.3) is 0 Å². The van der Waals surface area contributed by atoms with Gasteiger partial charge < -0.3 is 5.32 Å². The standard InChI is InChI=1S/C14H15ClN2/c1-3-5-12-10(4-2)9-16-14-8-11(15)6-7-13(14)17-12/h4-9,17H,3H2,1-2H3/b10-4-,12-5+. The Balaban J connectivity index is 2.49. The fourth-order valence-electron chi connectivity index (χ4n) is 1.75. The average molecular weight is 247 g/mol. The Hall–Kier alpha value is -1.54. The molecular formula is C14H15ClN2. The monoisotopic (exact) mass is 246 g/mol. The molecule has 17 heavy (non-hydrogen) atoms. The van der Waals surface area contributed by atoms with Gasteiger partial charge in [-0.3, -0.25) is 4.99 Å². The Kier molecular flexibility index (Phi) is 3.64. The molecule has 0 aromatic heterocycles. The van der Waals surface area contributed by atoms with Gasteiger partial charge in [0, 0.05) is 22.5 Å². The second kappa shape index (κ2) is 5.19. The maximum atomic E-state index is 5.97. The van der Waals surface area contributed by atoms with E-state index in [1.54, 1.807) is 0 Å². The predicted molar refractivity (Wildman–Crippen MR) is 75.4 cm³/mol. The number of rotatable bonds is 1. The van der Waals surface area contributed by atoms with Crippen LogP contribution in [0.2, 0.25) is 5.02 Å². The number of anilines is 1. The van der Waals surface area contributed by atoms with Crippen molar-refractivity contribution in [1.82, 2.24) is 0 Å². The molecule has 2 nitrogen and oxygen atoms in total. The lowest BCUT2D eigenvalue weighted by Gasteiger charge is -2.10. The van der Waals surface area contributed by atoms with E-state index in [-0.39, 0.29) is 0 Å². The van der Waals surface area contributed by atoms with Gasteiger partial charge in [-0.2, -0.15) is 0 Å². The molecule has 1 aromatic carbocycles. The van der Waals surface area contributed by atoms with Crippen LogP contribution in [0, 0.1) is 0 Å². The lowest BCUT2D eigenvalue weighted by Crippen LogP contribution is -2.01. The molecule has 0 fully saturated rings. The van der Waals surface area contributed by atoms with Crippen molar-refractivity contribution < 1.29 is 0 Å². The van der Waals surface area contributed by atoms with Crippen molar-refractivity contribution in [3.05, 3.63) is 46.6 Å². The number of hydrogen-bond acceptors (Lipinski definition) is 2. The zero-order valence-corrected chi connectivity index (χ0v) is 10.8. The van der Waals surface area contributed by atoms with E-state index >= 15 is 0 Å². The van der Waals surface area contributed by atoms with Gasteiger partial charge in [-0.1, -0.05) is 30.7 Å². The summed E-state index contributed by atoms with van der Waals surface area (Å²) in [6.45, 7) is 4.13. The molecule has 1 heterocycles. The van der Waals surface area contributed by atoms with Gasteiger partial charge >= 0.3 is 0 Å². The topological polar surface area (TPSA) is 24.4 Å². The Labute approximate surface area is 107 Å². The van der Waals surface area contributed by atoms with Gasteiger partial charge in [0.1, 0.15) is 0 Å². The van der Waals surface area contributed by atoms with Crippen LogP contribution in [-0.4, -0.2) is 6.21 Å². The summed E-state index contributed by atoms with van der Waals surface area (Å²) in [5.74, 6) is 0. The fourth-order valence-corrected chi connectivity index (χ4v) is 1.91. The Morgan fingerprint density at radius 1 is 1.41 bits per heavy atom. The minimum absolute atomic E-state index is 0.702. The zero-order chi connectivity index (χ0) is 12.3. The molecule has 0 atom stereocenters. The second-order valence-electron chi connectivity index (χ2n) is 3.81. The van der Waals surface area contributed by atoms with Crippen LogP contribution in [0.4, 0.5) is 11.4 Å². The maximum absolute atomic E-state index is 5.97. The first-order valence-electron chi connectivity index (χ1n) is 5.72. The van der Waals surface area contributed by atoms with E-state index in [0.29, 0.717) is 5.02 Å². The van der Waals surface area contributed by atoms with Gasteiger partial charge in [-0.15, -0.1) is 0 Å². The van der Waals surface area contributed by atoms with Crippen molar-refractivity contribution in [2.24, 2.45) is 4.99 Å². The van der Waals surface area contributed by atoms with Crippen molar-refractivity contribution in [2.75, 3.05) is 5.32 Å². The summed E-state index contributed by atoms with van der Waals surface area (Å²) in [4.78, 5) is 4.45. The predicted octanol–water partition coefficient (Wildman–Crippen LogP) is 4.71. The molecule has 2 rings (SSSR count). The van der Waals surface area contributed by atoms with Crippen molar-refractivity contribution in [3.8, 4) is 0 Å². The van der Waals surface area contributed by atoms with Crippen molar-refractivity contribution in [3.63, 3.8) is 0 Å². The molecule has 3 heteroatoms. The zero-order valence-electron chi connectivity index (χ0n) is 10.00. The molecule has 1 aromatic rings. The first-order valence-corrected chi connectivity index (χ1v) is 6.10. The van der Waals surface area contributed by atoms with Crippen LogP contribution in [0.5, 0.6) is 0 Å². The summed E-state index contributed by atoms with van der Waals surface area (Å²) >= 11 is 5.97. The molecule has 0 aliphatic carbocycles. The summed E-state index contributed by atoms with van der Waals surface area (Å²) in [5.41, 5.74) is 4.05. The highest BCUT2D eigenvalue weighted by molar-refractivity contribution is 6.31. The molecule has 88 valence electrons. The van der Waals surface area contributed by atoms with Crippen LogP contribution in [-0.2, 0) is 0 Å².